The van der Waals surface area contributed by atoms with E-state index in [1.807, 2.05) is 0 Å². The van der Waals surface area contributed by atoms with Crippen LogP contribution in [0.25, 0.3) is 0 Å². The van der Waals surface area contributed by atoms with Gasteiger partial charge in [0.2, 0.25) is 10.0 Å². The molecule has 2 aliphatic rings. The van der Waals surface area contributed by atoms with Gasteiger partial charge in [-0.15, -0.1) is 0 Å². The minimum absolute atomic E-state index is 0.0145. The SMILES string of the molecule is Cc1cc(NC(=O)c2cc(S(=O)(=O)N3CCCCC3)cn2C)n(C2CCS(=O)(=O)C2)n1. The largest absolute Gasteiger partial charge is 0.345 e. The molecule has 12 heteroatoms. The molecule has 4 rings (SSSR count). The number of amides is 1. The molecule has 170 valence electrons. The number of aromatic nitrogens is 3. The summed E-state index contributed by atoms with van der Waals surface area (Å²) in [7, 11) is -5.14. The van der Waals surface area contributed by atoms with Crippen LogP contribution in [0.1, 0.15) is 47.9 Å². The Morgan fingerprint density at radius 1 is 1.19 bits per heavy atom. The molecule has 1 N–H and O–H groups in total. The summed E-state index contributed by atoms with van der Waals surface area (Å²) in [6.45, 7) is 2.74. The van der Waals surface area contributed by atoms with Gasteiger partial charge in [-0.3, -0.25) is 4.79 Å². The van der Waals surface area contributed by atoms with E-state index in [2.05, 4.69) is 10.4 Å². The highest BCUT2D eigenvalue weighted by Crippen LogP contribution is 2.28. The zero-order valence-corrected chi connectivity index (χ0v) is 19.2. The third-order valence-electron chi connectivity index (χ3n) is 5.82. The Bertz CT molecular complexity index is 1210. The maximum atomic E-state index is 13.0. The molecule has 0 radical (unpaired) electrons. The summed E-state index contributed by atoms with van der Waals surface area (Å²) in [6, 6.07) is 2.72. The van der Waals surface area contributed by atoms with Crippen molar-refractivity contribution in [2.45, 2.75) is 43.5 Å². The number of carbonyl (C=O) groups is 1. The van der Waals surface area contributed by atoms with Crippen molar-refractivity contribution >= 4 is 31.6 Å². The summed E-state index contributed by atoms with van der Waals surface area (Å²) >= 11 is 0. The van der Waals surface area contributed by atoms with E-state index in [1.54, 1.807) is 24.7 Å². The molecule has 10 nitrogen and oxygen atoms in total. The average molecular weight is 470 g/mol. The van der Waals surface area contributed by atoms with Gasteiger partial charge in [-0.1, -0.05) is 6.42 Å². The van der Waals surface area contributed by atoms with Crippen LogP contribution in [0.15, 0.2) is 23.2 Å². The van der Waals surface area contributed by atoms with Crippen molar-refractivity contribution in [3.63, 3.8) is 0 Å². The molecule has 0 saturated carbocycles. The first-order chi connectivity index (χ1) is 14.6. The Kier molecular flexibility index (Phi) is 5.73. The fourth-order valence-corrected chi connectivity index (χ4v) is 7.47. The fraction of sp³-hybridized carbons (Fsp3) is 0.579. The highest BCUT2D eigenvalue weighted by atomic mass is 32.2. The van der Waals surface area contributed by atoms with E-state index in [9.17, 15) is 21.6 Å². The monoisotopic (exact) mass is 469 g/mol. The normalized spacial score (nSPS) is 21.9. The lowest BCUT2D eigenvalue weighted by Gasteiger charge is -2.25. The number of carbonyl (C=O) groups excluding carboxylic acids is 1. The number of nitrogens with one attached hydrogen (secondary N) is 1. The fourth-order valence-electron chi connectivity index (χ4n) is 4.19. The summed E-state index contributed by atoms with van der Waals surface area (Å²) in [5.41, 5.74) is 0.847. The first-order valence-electron chi connectivity index (χ1n) is 10.3. The van der Waals surface area contributed by atoms with Gasteiger partial charge in [0.15, 0.2) is 9.84 Å². The lowest BCUT2D eigenvalue weighted by molar-refractivity contribution is 0.101. The smallest absolute Gasteiger partial charge is 0.273 e. The number of anilines is 1. The van der Waals surface area contributed by atoms with E-state index in [-0.39, 0.29) is 28.1 Å². The molecule has 1 atom stereocenters. The number of nitrogens with zero attached hydrogens (tertiary/aromatic N) is 4. The molecule has 2 aromatic heterocycles. The minimum atomic E-state index is -3.65. The summed E-state index contributed by atoms with van der Waals surface area (Å²) < 4.78 is 54.1. The first-order valence-corrected chi connectivity index (χ1v) is 13.6. The maximum Gasteiger partial charge on any atom is 0.273 e. The van der Waals surface area contributed by atoms with Crippen LogP contribution in [-0.4, -0.2) is 66.0 Å². The van der Waals surface area contributed by atoms with Crippen LogP contribution < -0.4 is 5.32 Å². The molecule has 2 aliphatic heterocycles. The van der Waals surface area contributed by atoms with Crippen molar-refractivity contribution in [3.8, 4) is 0 Å². The average Bonchev–Trinajstić information content (AvgIpc) is 3.39. The van der Waals surface area contributed by atoms with Crippen molar-refractivity contribution in [1.29, 1.82) is 0 Å². The predicted octanol–water partition coefficient (Wildman–Crippen LogP) is 1.32. The third kappa shape index (κ3) is 4.41. The lowest BCUT2D eigenvalue weighted by atomic mass is 10.2. The predicted molar refractivity (Wildman–Crippen MR) is 115 cm³/mol. The summed E-state index contributed by atoms with van der Waals surface area (Å²) in [5, 5.41) is 7.14. The maximum absolute atomic E-state index is 13.0. The van der Waals surface area contributed by atoms with Gasteiger partial charge < -0.3 is 9.88 Å². The quantitative estimate of drug-likeness (QED) is 0.704. The molecule has 2 aromatic rings. The van der Waals surface area contributed by atoms with E-state index >= 15 is 0 Å². The third-order valence-corrected chi connectivity index (χ3v) is 9.43. The number of hydrogen-bond donors (Lipinski definition) is 1. The highest BCUT2D eigenvalue weighted by Gasteiger charge is 2.32. The molecule has 4 heterocycles. The van der Waals surface area contributed by atoms with Crippen LogP contribution in [0.4, 0.5) is 5.82 Å². The van der Waals surface area contributed by atoms with Gasteiger partial charge >= 0.3 is 0 Å². The van der Waals surface area contributed by atoms with Crippen LogP contribution in [0.5, 0.6) is 0 Å². The molecule has 2 saturated heterocycles. The Labute approximate surface area is 182 Å². The zero-order chi connectivity index (χ0) is 22.4. The Morgan fingerprint density at radius 2 is 1.90 bits per heavy atom. The van der Waals surface area contributed by atoms with Crippen molar-refractivity contribution in [2.75, 3.05) is 29.9 Å². The summed E-state index contributed by atoms with van der Waals surface area (Å²) in [5.74, 6) is -0.00498. The number of hydrogen-bond acceptors (Lipinski definition) is 6. The Balaban J connectivity index is 1.57. The molecule has 1 unspecified atom stereocenters. The standard InChI is InChI=1S/C19H27N5O5S2/c1-14-10-18(24(21-14)15-6-9-30(26,27)13-15)20-19(25)17-11-16(12-22(17)2)31(28,29)23-7-4-3-5-8-23/h10-12,15H,3-9,13H2,1-2H3,(H,20,25). The molecular weight excluding hydrogens is 442 g/mol. The van der Waals surface area contributed by atoms with Crippen molar-refractivity contribution < 1.29 is 21.6 Å². The molecule has 31 heavy (non-hydrogen) atoms. The second-order valence-corrected chi connectivity index (χ2v) is 12.4. The zero-order valence-electron chi connectivity index (χ0n) is 17.6. The van der Waals surface area contributed by atoms with E-state index in [4.69, 9.17) is 0 Å². The number of aryl methyl sites for hydroxylation is 2. The lowest BCUT2D eigenvalue weighted by Crippen LogP contribution is -2.35. The van der Waals surface area contributed by atoms with Crippen LogP contribution in [-0.2, 0) is 26.9 Å². The van der Waals surface area contributed by atoms with Crippen LogP contribution in [0, 0.1) is 6.92 Å². The van der Waals surface area contributed by atoms with Gasteiger partial charge in [-0.05, 0) is 32.3 Å². The number of piperidine rings is 1. The van der Waals surface area contributed by atoms with Crippen LogP contribution in [0.3, 0.4) is 0 Å². The Hall–Kier alpha value is -2.18. The van der Waals surface area contributed by atoms with E-state index in [0.717, 1.165) is 19.3 Å². The minimum Gasteiger partial charge on any atom is -0.345 e. The number of rotatable bonds is 5. The van der Waals surface area contributed by atoms with Crippen molar-refractivity contribution in [1.82, 2.24) is 18.7 Å². The van der Waals surface area contributed by atoms with Crippen LogP contribution in [0.2, 0.25) is 0 Å². The molecule has 1 amide bonds. The second kappa shape index (κ2) is 8.06. The van der Waals surface area contributed by atoms with Gasteiger partial charge in [-0.25, -0.2) is 21.5 Å². The van der Waals surface area contributed by atoms with Crippen LogP contribution >= 0.6 is 0 Å². The first kappa shape index (κ1) is 22.0. The molecule has 0 bridgehead atoms. The molecule has 0 spiro atoms. The molecule has 0 aromatic carbocycles. The molecule has 2 fully saturated rings. The summed E-state index contributed by atoms with van der Waals surface area (Å²) in [4.78, 5) is 13.0. The van der Waals surface area contributed by atoms with Gasteiger partial charge in [-0.2, -0.15) is 9.40 Å². The van der Waals surface area contributed by atoms with Gasteiger partial charge in [0.25, 0.3) is 5.91 Å². The second-order valence-electron chi connectivity index (χ2n) is 8.26. The van der Waals surface area contributed by atoms with Gasteiger partial charge in [0, 0.05) is 32.4 Å². The van der Waals surface area contributed by atoms with E-state index < -0.39 is 25.8 Å². The van der Waals surface area contributed by atoms with E-state index in [0.29, 0.717) is 31.0 Å². The van der Waals surface area contributed by atoms with Crippen molar-refractivity contribution in [3.05, 3.63) is 29.7 Å². The Morgan fingerprint density at radius 3 is 2.55 bits per heavy atom. The van der Waals surface area contributed by atoms with Gasteiger partial charge in [0.1, 0.15) is 16.4 Å². The highest BCUT2D eigenvalue weighted by molar-refractivity contribution is 7.91. The molecule has 0 aliphatic carbocycles. The topological polar surface area (TPSA) is 123 Å². The van der Waals surface area contributed by atoms with Crippen molar-refractivity contribution in [2.24, 2.45) is 7.05 Å². The number of sulfone groups is 1. The molecular formula is C19H27N5O5S2. The van der Waals surface area contributed by atoms with E-state index in [1.165, 1.54) is 21.1 Å². The number of sulfonamides is 1. The summed E-state index contributed by atoms with van der Waals surface area (Å²) in [6.07, 6.45) is 4.57. The van der Waals surface area contributed by atoms with Gasteiger partial charge in [0.05, 0.1) is 23.2 Å².